The van der Waals surface area contributed by atoms with Gasteiger partial charge in [0.05, 0.1) is 19.6 Å². The van der Waals surface area contributed by atoms with Gasteiger partial charge >= 0.3 is 5.97 Å². The van der Waals surface area contributed by atoms with Crippen LogP contribution in [0.5, 0.6) is 0 Å². The minimum Gasteiger partial charge on any atom is -0.469 e. The molecule has 1 amide bonds. The van der Waals surface area contributed by atoms with Gasteiger partial charge in [-0.25, -0.2) is 0 Å². The number of hydrogen-bond acceptors (Lipinski definition) is 4. The number of hydrogen-bond donors (Lipinski definition) is 1. The second kappa shape index (κ2) is 6.59. The molecule has 0 aromatic rings. The molecule has 1 fully saturated rings. The number of carbonyl (C=O) groups excluding carboxylic acids is 2. The molecule has 5 heteroatoms. The standard InChI is InChI=1S/C12H22N2O3/c1-9(12(16)17-3)8-14(2)11(15)7-13-6-10-4-5-10/h9-10,13H,4-8H2,1-3H3. The summed E-state index contributed by atoms with van der Waals surface area (Å²) >= 11 is 0. The zero-order chi connectivity index (χ0) is 12.8. The average Bonchev–Trinajstić information content (AvgIpc) is 3.11. The Hall–Kier alpha value is -1.10. The number of nitrogens with zero attached hydrogens (tertiary/aromatic N) is 1. The summed E-state index contributed by atoms with van der Waals surface area (Å²) in [7, 11) is 3.07. The first-order valence-electron chi connectivity index (χ1n) is 6.07. The van der Waals surface area contributed by atoms with Crippen molar-refractivity contribution in [2.45, 2.75) is 19.8 Å². The topological polar surface area (TPSA) is 58.6 Å². The molecule has 0 spiro atoms. The van der Waals surface area contributed by atoms with Gasteiger partial charge in [-0.15, -0.1) is 0 Å². The summed E-state index contributed by atoms with van der Waals surface area (Å²) in [5, 5.41) is 3.14. The minimum absolute atomic E-state index is 0.0152. The summed E-state index contributed by atoms with van der Waals surface area (Å²) in [6, 6.07) is 0. The van der Waals surface area contributed by atoms with Crippen LogP contribution in [0.1, 0.15) is 19.8 Å². The van der Waals surface area contributed by atoms with Gasteiger partial charge < -0.3 is 15.0 Å². The average molecular weight is 242 g/mol. The summed E-state index contributed by atoms with van der Waals surface area (Å²) in [4.78, 5) is 24.5. The number of rotatable bonds is 7. The quantitative estimate of drug-likeness (QED) is 0.650. The molecule has 1 atom stereocenters. The van der Waals surface area contributed by atoms with Crippen molar-refractivity contribution in [3.8, 4) is 0 Å². The van der Waals surface area contributed by atoms with Crippen LogP contribution < -0.4 is 5.32 Å². The highest BCUT2D eigenvalue weighted by atomic mass is 16.5. The first-order chi connectivity index (χ1) is 8.04. The van der Waals surface area contributed by atoms with E-state index < -0.39 is 0 Å². The molecular formula is C12H22N2O3. The maximum absolute atomic E-state index is 11.7. The van der Waals surface area contributed by atoms with Crippen LogP contribution in [-0.4, -0.2) is 50.6 Å². The Bertz CT molecular complexity index is 277. The van der Waals surface area contributed by atoms with E-state index in [1.165, 1.54) is 20.0 Å². The van der Waals surface area contributed by atoms with Gasteiger partial charge in [0.15, 0.2) is 0 Å². The van der Waals surface area contributed by atoms with Crippen LogP contribution in [-0.2, 0) is 14.3 Å². The Morgan fingerprint density at radius 3 is 2.65 bits per heavy atom. The normalized spacial score (nSPS) is 16.4. The Kier molecular flexibility index (Phi) is 5.41. The molecule has 5 nitrogen and oxygen atoms in total. The summed E-state index contributed by atoms with van der Waals surface area (Å²) in [5.41, 5.74) is 0. The molecular weight excluding hydrogens is 220 g/mol. The van der Waals surface area contributed by atoms with E-state index in [0.29, 0.717) is 13.1 Å². The lowest BCUT2D eigenvalue weighted by Crippen LogP contribution is -2.39. The molecule has 1 N–H and O–H groups in total. The van der Waals surface area contributed by atoms with E-state index in [-0.39, 0.29) is 17.8 Å². The van der Waals surface area contributed by atoms with Gasteiger partial charge in [-0.1, -0.05) is 6.92 Å². The van der Waals surface area contributed by atoms with Crippen LogP contribution in [0.15, 0.2) is 0 Å². The van der Waals surface area contributed by atoms with Gasteiger partial charge in [-0.05, 0) is 25.3 Å². The van der Waals surface area contributed by atoms with Crippen LogP contribution in [0.3, 0.4) is 0 Å². The number of likely N-dealkylation sites (N-methyl/N-ethyl adjacent to an activating group) is 1. The lowest BCUT2D eigenvalue weighted by molar-refractivity contribution is -0.146. The predicted octanol–water partition coefficient (Wildman–Crippen LogP) is 0.254. The monoisotopic (exact) mass is 242 g/mol. The van der Waals surface area contributed by atoms with Crippen LogP contribution in [0.4, 0.5) is 0 Å². The van der Waals surface area contributed by atoms with E-state index >= 15 is 0 Å². The highest BCUT2D eigenvalue weighted by molar-refractivity contribution is 5.79. The fourth-order valence-corrected chi connectivity index (χ4v) is 1.63. The van der Waals surface area contributed by atoms with Gasteiger partial charge in [-0.2, -0.15) is 0 Å². The van der Waals surface area contributed by atoms with E-state index in [0.717, 1.165) is 12.5 Å². The second-order valence-corrected chi connectivity index (χ2v) is 4.77. The molecule has 0 saturated heterocycles. The molecule has 0 aromatic carbocycles. The van der Waals surface area contributed by atoms with Crippen molar-refractivity contribution in [3.63, 3.8) is 0 Å². The van der Waals surface area contributed by atoms with Crippen molar-refractivity contribution in [2.24, 2.45) is 11.8 Å². The SMILES string of the molecule is COC(=O)C(C)CN(C)C(=O)CNCC1CC1. The molecule has 0 aromatic heterocycles. The summed E-state index contributed by atoms with van der Waals surface area (Å²) in [6.45, 7) is 3.43. The Labute approximate surface area is 102 Å². The zero-order valence-corrected chi connectivity index (χ0v) is 10.9. The number of ether oxygens (including phenoxy) is 1. The molecule has 1 saturated carbocycles. The van der Waals surface area contributed by atoms with Crippen LogP contribution >= 0.6 is 0 Å². The van der Waals surface area contributed by atoms with Crippen molar-refractivity contribution in [2.75, 3.05) is 33.8 Å². The number of nitrogens with one attached hydrogen (secondary N) is 1. The molecule has 17 heavy (non-hydrogen) atoms. The maximum atomic E-state index is 11.7. The molecule has 1 rings (SSSR count). The van der Waals surface area contributed by atoms with Crippen molar-refractivity contribution < 1.29 is 14.3 Å². The first kappa shape index (κ1) is 14.0. The van der Waals surface area contributed by atoms with E-state index in [1.54, 1.807) is 18.9 Å². The largest absolute Gasteiger partial charge is 0.469 e. The first-order valence-corrected chi connectivity index (χ1v) is 6.07. The second-order valence-electron chi connectivity index (χ2n) is 4.77. The summed E-state index contributed by atoms with van der Waals surface area (Å²) in [5.74, 6) is 0.219. The fraction of sp³-hybridized carbons (Fsp3) is 0.833. The van der Waals surface area contributed by atoms with Gasteiger partial charge in [0.25, 0.3) is 0 Å². The van der Waals surface area contributed by atoms with Crippen LogP contribution in [0, 0.1) is 11.8 Å². The van der Waals surface area contributed by atoms with E-state index in [4.69, 9.17) is 0 Å². The summed E-state index contributed by atoms with van der Waals surface area (Å²) in [6.07, 6.45) is 2.55. The zero-order valence-electron chi connectivity index (χ0n) is 10.9. The number of amides is 1. The lowest BCUT2D eigenvalue weighted by atomic mass is 10.2. The molecule has 1 aliphatic carbocycles. The molecule has 0 heterocycles. The maximum Gasteiger partial charge on any atom is 0.310 e. The number of esters is 1. The summed E-state index contributed by atoms with van der Waals surface area (Å²) < 4.78 is 4.62. The Balaban J connectivity index is 2.17. The third-order valence-corrected chi connectivity index (χ3v) is 2.98. The molecule has 1 unspecified atom stereocenters. The van der Waals surface area contributed by atoms with E-state index in [1.807, 2.05) is 0 Å². The minimum atomic E-state index is -0.282. The smallest absolute Gasteiger partial charge is 0.310 e. The van der Waals surface area contributed by atoms with E-state index in [2.05, 4.69) is 10.1 Å². The molecule has 98 valence electrons. The van der Waals surface area contributed by atoms with Gasteiger partial charge in [-0.3, -0.25) is 9.59 Å². The predicted molar refractivity (Wildman–Crippen MR) is 64.4 cm³/mol. The molecule has 0 radical (unpaired) electrons. The molecule has 0 bridgehead atoms. The Morgan fingerprint density at radius 2 is 2.12 bits per heavy atom. The highest BCUT2D eigenvalue weighted by Gasteiger charge is 2.22. The number of methoxy groups -OCH3 is 1. The highest BCUT2D eigenvalue weighted by Crippen LogP contribution is 2.27. The van der Waals surface area contributed by atoms with Crippen molar-refractivity contribution in [1.29, 1.82) is 0 Å². The Morgan fingerprint density at radius 1 is 1.47 bits per heavy atom. The van der Waals surface area contributed by atoms with Crippen molar-refractivity contribution in [3.05, 3.63) is 0 Å². The van der Waals surface area contributed by atoms with Crippen LogP contribution in [0.25, 0.3) is 0 Å². The van der Waals surface area contributed by atoms with Crippen molar-refractivity contribution in [1.82, 2.24) is 10.2 Å². The molecule has 0 aliphatic heterocycles. The molecule has 1 aliphatic rings. The van der Waals surface area contributed by atoms with Crippen LogP contribution in [0.2, 0.25) is 0 Å². The van der Waals surface area contributed by atoms with Crippen molar-refractivity contribution >= 4 is 11.9 Å². The lowest BCUT2D eigenvalue weighted by Gasteiger charge is -2.20. The van der Waals surface area contributed by atoms with E-state index in [9.17, 15) is 9.59 Å². The number of carbonyl (C=O) groups is 2. The third-order valence-electron chi connectivity index (χ3n) is 2.98. The van der Waals surface area contributed by atoms with Gasteiger partial charge in [0, 0.05) is 13.6 Å². The third kappa shape index (κ3) is 5.17. The van der Waals surface area contributed by atoms with Gasteiger partial charge in [0.2, 0.25) is 5.91 Å². The van der Waals surface area contributed by atoms with Gasteiger partial charge in [0.1, 0.15) is 0 Å². The fourth-order valence-electron chi connectivity index (χ4n) is 1.63.